The minimum Gasteiger partial charge on any atom is -0.458 e. The molecule has 0 radical (unpaired) electrons. The Hall–Kier alpha value is -1.52. The van der Waals surface area contributed by atoms with Crippen LogP contribution in [0.3, 0.4) is 0 Å². The molecule has 1 atom stereocenters. The quantitative estimate of drug-likeness (QED) is 0.938. The van der Waals surface area contributed by atoms with E-state index in [4.69, 9.17) is 21.8 Å². The molecule has 0 bridgehead atoms. The smallest absolute Gasteiger partial charge is 0.221 e. The van der Waals surface area contributed by atoms with Crippen LogP contribution in [0, 0.1) is 5.92 Å². The lowest BCUT2D eigenvalue weighted by molar-refractivity contribution is -0.121. The van der Waals surface area contributed by atoms with Gasteiger partial charge in [0.25, 0.3) is 0 Å². The van der Waals surface area contributed by atoms with E-state index >= 15 is 0 Å². The largest absolute Gasteiger partial charge is 0.458 e. The molecular formula is C14H15ClN2O2. The summed E-state index contributed by atoms with van der Waals surface area (Å²) in [6.45, 7) is 2.15. The van der Waals surface area contributed by atoms with Crippen LogP contribution in [0.15, 0.2) is 28.7 Å². The van der Waals surface area contributed by atoms with Crippen LogP contribution in [-0.2, 0) is 11.3 Å². The van der Waals surface area contributed by atoms with Crippen molar-refractivity contribution in [3.8, 4) is 0 Å². The molecule has 1 aromatic heterocycles. The van der Waals surface area contributed by atoms with Gasteiger partial charge in [-0.25, -0.2) is 0 Å². The van der Waals surface area contributed by atoms with Crippen LogP contribution in [-0.4, -0.2) is 23.9 Å². The molecule has 2 aromatic rings. The van der Waals surface area contributed by atoms with Gasteiger partial charge in [-0.2, -0.15) is 0 Å². The summed E-state index contributed by atoms with van der Waals surface area (Å²) >= 11 is 6.32. The number of halogens is 1. The van der Waals surface area contributed by atoms with E-state index in [1.165, 1.54) is 0 Å². The first-order valence-corrected chi connectivity index (χ1v) is 6.70. The van der Waals surface area contributed by atoms with Gasteiger partial charge in [-0.3, -0.25) is 9.69 Å². The number of primary amides is 1. The average molecular weight is 279 g/mol. The van der Waals surface area contributed by atoms with E-state index in [1.807, 2.05) is 24.3 Å². The number of hydrogen-bond donors (Lipinski definition) is 1. The van der Waals surface area contributed by atoms with Crippen molar-refractivity contribution in [2.45, 2.75) is 13.0 Å². The lowest BCUT2D eigenvalue weighted by Gasteiger charge is -2.13. The second-order valence-electron chi connectivity index (χ2n) is 4.96. The Kier molecular flexibility index (Phi) is 3.21. The molecule has 1 aliphatic rings. The normalized spacial score (nSPS) is 20.2. The molecule has 1 aliphatic heterocycles. The highest BCUT2D eigenvalue weighted by molar-refractivity contribution is 6.36. The van der Waals surface area contributed by atoms with Crippen molar-refractivity contribution in [2.24, 2.45) is 11.7 Å². The lowest BCUT2D eigenvalue weighted by Crippen LogP contribution is -2.27. The summed E-state index contributed by atoms with van der Waals surface area (Å²) in [7, 11) is 0. The number of amides is 1. The summed E-state index contributed by atoms with van der Waals surface area (Å²) in [5.41, 5.74) is 6.13. The third kappa shape index (κ3) is 2.33. The first-order valence-electron chi connectivity index (χ1n) is 6.32. The zero-order valence-corrected chi connectivity index (χ0v) is 11.2. The monoisotopic (exact) mass is 278 g/mol. The molecule has 2 N–H and O–H groups in total. The van der Waals surface area contributed by atoms with E-state index in [0.29, 0.717) is 18.1 Å². The van der Waals surface area contributed by atoms with Gasteiger partial charge in [-0.1, -0.05) is 23.7 Å². The number of nitrogens with two attached hydrogens (primary N) is 1. The van der Waals surface area contributed by atoms with Gasteiger partial charge in [0.05, 0.1) is 17.5 Å². The minimum atomic E-state index is -0.224. The summed E-state index contributed by atoms with van der Waals surface area (Å²) in [6.07, 6.45) is 0.813. The van der Waals surface area contributed by atoms with Gasteiger partial charge in [0.1, 0.15) is 11.3 Å². The fourth-order valence-corrected chi connectivity index (χ4v) is 2.83. The Morgan fingerprint density at radius 1 is 1.47 bits per heavy atom. The third-order valence-corrected chi connectivity index (χ3v) is 4.06. The molecule has 2 heterocycles. The number of carbonyl (C=O) groups is 1. The van der Waals surface area contributed by atoms with Gasteiger partial charge in [-0.05, 0) is 25.1 Å². The van der Waals surface area contributed by atoms with E-state index in [2.05, 4.69) is 4.90 Å². The van der Waals surface area contributed by atoms with Crippen molar-refractivity contribution in [1.29, 1.82) is 0 Å². The number of rotatable bonds is 3. The van der Waals surface area contributed by atoms with E-state index in [0.717, 1.165) is 29.7 Å². The van der Waals surface area contributed by atoms with Crippen molar-refractivity contribution in [2.75, 3.05) is 13.1 Å². The van der Waals surface area contributed by atoms with Gasteiger partial charge in [-0.15, -0.1) is 0 Å². The van der Waals surface area contributed by atoms with Crippen LogP contribution in [0.4, 0.5) is 0 Å². The zero-order chi connectivity index (χ0) is 13.4. The standard InChI is InChI=1S/C14H15ClN2O2/c15-13-10-3-1-2-4-11(10)19-12(13)8-17-6-5-9(7-17)14(16)18/h1-4,9H,5-8H2,(H2,16,18). The van der Waals surface area contributed by atoms with Gasteiger partial charge in [0.2, 0.25) is 5.91 Å². The lowest BCUT2D eigenvalue weighted by atomic mass is 10.1. The fourth-order valence-electron chi connectivity index (χ4n) is 2.58. The van der Waals surface area contributed by atoms with Gasteiger partial charge in [0.15, 0.2) is 0 Å². The maximum Gasteiger partial charge on any atom is 0.221 e. The van der Waals surface area contributed by atoms with Crippen LogP contribution >= 0.6 is 11.6 Å². The molecule has 4 nitrogen and oxygen atoms in total. The van der Waals surface area contributed by atoms with Crippen molar-refractivity contribution < 1.29 is 9.21 Å². The highest BCUT2D eigenvalue weighted by atomic mass is 35.5. The topological polar surface area (TPSA) is 59.5 Å². The number of carbonyl (C=O) groups excluding carboxylic acids is 1. The van der Waals surface area contributed by atoms with Gasteiger partial charge < -0.3 is 10.2 Å². The second-order valence-corrected chi connectivity index (χ2v) is 5.34. The zero-order valence-electron chi connectivity index (χ0n) is 10.4. The first kappa shape index (κ1) is 12.5. The SMILES string of the molecule is NC(=O)C1CCN(Cc2oc3ccccc3c2Cl)C1. The molecule has 1 fully saturated rings. The van der Waals surface area contributed by atoms with Crippen LogP contribution in [0.25, 0.3) is 11.0 Å². The van der Waals surface area contributed by atoms with Crippen molar-refractivity contribution in [3.63, 3.8) is 0 Å². The van der Waals surface area contributed by atoms with E-state index < -0.39 is 0 Å². The summed E-state index contributed by atoms with van der Waals surface area (Å²) < 4.78 is 5.77. The van der Waals surface area contributed by atoms with Crippen LogP contribution in [0.5, 0.6) is 0 Å². The molecule has 5 heteroatoms. The van der Waals surface area contributed by atoms with Crippen molar-refractivity contribution >= 4 is 28.5 Å². The van der Waals surface area contributed by atoms with Gasteiger partial charge >= 0.3 is 0 Å². The predicted molar refractivity (Wildman–Crippen MR) is 73.8 cm³/mol. The summed E-state index contributed by atoms with van der Waals surface area (Å²) in [5, 5.41) is 1.60. The molecule has 1 saturated heterocycles. The number of hydrogen-bond acceptors (Lipinski definition) is 3. The Balaban J connectivity index is 1.79. The molecule has 3 rings (SSSR count). The Bertz CT molecular complexity index is 623. The number of benzene rings is 1. The maximum absolute atomic E-state index is 11.2. The maximum atomic E-state index is 11.2. The Morgan fingerprint density at radius 3 is 2.95 bits per heavy atom. The fraction of sp³-hybridized carbons (Fsp3) is 0.357. The summed E-state index contributed by atoms with van der Waals surface area (Å²) in [6, 6.07) is 7.71. The van der Waals surface area contributed by atoms with E-state index in [1.54, 1.807) is 0 Å². The molecule has 1 aromatic carbocycles. The molecule has 1 unspecified atom stereocenters. The number of nitrogens with zero attached hydrogens (tertiary/aromatic N) is 1. The highest BCUT2D eigenvalue weighted by Crippen LogP contribution is 2.32. The highest BCUT2D eigenvalue weighted by Gasteiger charge is 2.27. The van der Waals surface area contributed by atoms with Crippen LogP contribution in [0.1, 0.15) is 12.2 Å². The van der Waals surface area contributed by atoms with Crippen LogP contribution < -0.4 is 5.73 Å². The molecule has 0 aliphatic carbocycles. The number of fused-ring (bicyclic) bond motifs is 1. The van der Waals surface area contributed by atoms with Crippen molar-refractivity contribution in [3.05, 3.63) is 35.0 Å². The number of para-hydroxylation sites is 1. The molecular weight excluding hydrogens is 264 g/mol. The van der Waals surface area contributed by atoms with Crippen LogP contribution in [0.2, 0.25) is 5.02 Å². The number of furan rings is 1. The molecule has 19 heavy (non-hydrogen) atoms. The Labute approximate surface area is 116 Å². The first-order chi connectivity index (χ1) is 9.15. The summed E-state index contributed by atoms with van der Waals surface area (Å²) in [5.74, 6) is 0.481. The molecule has 1 amide bonds. The third-order valence-electron chi connectivity index (χ3n) is 3.64. The van der Waals surface area contributed by atoms with Crippen molar-refractivity contribution in [1.82, 2.24) is 4.90 Å². The number of likely N-dealkylation sites (tertiary alicyclic amines) is 1. The predicted octanol–water partition coefficient (Wildman–Crippen LogP) is 2.39. The van der Waals surface area contributed by atoms with Gasteiger partial charge in [0, 0.05) is 11.9 Å². The van der Waals surface area contributed by atoms with E-state index in [9.17, 15) is 4.79 Å². The summed E-state index contributed by atoms with van der Waals surface area (Å²) in [4.78, 5) is 13.3. The Morgan fingerprint density at radius 2 is 2.26 bits per heavy atom. The minimum absolute atomic E-state index is 0.0526. The van der Waals surface area contributed by atoms with E-state index in [-0.39, 0.29) is 11.8 Å². The average Bonchev–Trinajstić information content (AvgIpc) is 2.97. The molecule has 0 saturated carbocycles. The molecule has 0 spiro atoms. The molecule has 100 valence electrons. The second kappa shape index (κ2) is 4.87.